The third-order valence-corrected chi connectivity index (χ3v) is 7.57. The van der Waals surface area contributed by atoms with E-state index in [1.807, 2.05) is 43.3 Å². The lowest BCUT2D eigenvalue weighted by atomic mass is 10.1. The van der Waals surface area contributed by atoms with Gasteiger partial charge in [0.15, 0.2) is 11.5 Å². The summed E-state index contributed by atoms with van der Waals surface area (Å²) in [6.07, 6.45) is 0. The highest BCUT2D eigenvalue weighted by Gasteiger charge is 2.20. The molecule has 1 amide bonds. The Morgan fingerprint density at radius 1 is 1.03 bits per heavy atom. The van der Waals surface area contributed by atoms with Crippen LogP contribution in [0, 0.1) is 12.7 Å². The van der Waals surface area contributed by atoms with E-state index in [-0.39, 0.29) is 11.7 Å². The predicted octanol–water partition coefficient (Wildman–Crippen LogP) is 7.21. The molecule has 0 spiro atoms. The van der Waals surface area contributed by atoms with Crippen LogP contribution in [-0.4, -0.2) is 29.4 Å². The number of thioether (sulfide) groups is 1. The van der Waals surface area contributed by atoms with Gasteiger partial charge in [0.1, 0.15) is 19.0 Å². The molecule has 2 heterocycles. The van der Waals surface area contributed by atoms with Crippen molar-refractivity contribution in [3.8, 4) is 22.8 Å². The van der Waals surface area contributed by atoms with Crippen LogP contribution in [-0.2, 0) is 12.3 Å². The van der Waals surface area contributed by atoms with E-state index in [4.69, 9.17) is 21.1 Å². The average Bonchev–Trinajstić information content (AvgIpc) is 3.24. The Labute approximate surface area is 224 Å². The SMILES string of the molecule is Cc1c(C(=O)Nc2ccc3c(c2)OCCO3)cc(-c2ccccc2)n1CCSCc1c(F)cccc1Cl. The van der Waals surface area contributed by atoms with Gasteiger partial charge in [-0.1, -0.05) is 48.0 Å². The number of hydrogen-bond acceptors (Lipinski definition) is 4. The number of hydrogen-bond donors (Lipinski definition) is 1. The lowest BCUT2D eigenvalue weighted by Crippen LogP contribution is -2.17. The molecule has 8 heteroatoms. The molecule has 0 unspecified atom stereocenters. The third kappa shape index (κ3) is 5.63. The van der Waals surface area contributed by atoms with Gasteiger partial charge in [-0.25, -0.2) is 4.39 Å². The summed E-state index contributed by atoms with van der Waals surface area (Å²) >= 11 is 7.79. The van der Waals surface area contributed by atoms with Gasteiger partial charge in [-0.2, -0.15) is 11.8 Å². The molecule has 1 N–H and O–H groups in total. The van der Waals surface area contributed by atoms with Gasteiger partial charge < -0.3 is 19.4 Å². The van der Waals surface area contributed by atoms with Gasteiger partial charge >= 0.3 is 0 Å². The smallest absolute Gasteiger partial charge is 0.257 e. The fourth-order valence-electron chi connectivity index (χ4n) is 4.33. The Bertz CT molecular complexity index is 1400. The highest BCUT2D eigenvalue weighted by molar-refractivity contribution is 7.98. The van der Waals surface area contributed by atoms with Crippen LogP contribution in [0.4, 0.5) is 10.1 Å². The molecule has 5 rings (SSSR count). The summed E-state index contributed by atoms with van der Waals surface area (Å²) in [4.78, 5) is 13.3. The zero-order valence-corrected chi connectivity index (χ0v) is 21.9. The molecule has 0 aliphatic carbocycles. The summed E-state index contributed by atoms with van der Waals surface area (Å²) in [7, 11) is 0. The molecule has 190 valence electrons. The minimum atomic E-state index is -0.291. The number of nitrogens with zero attached hydrogens (tertiary/aromatic N) is 1. The summed E-state index contributed by atoms with van der Waals surface area (Å²) in [5, 5.41) is 3.43. The fourth-order valence-corrected chi connectivity index (χ4v) is 5.59. The maximum atomic E-state index is 14.2. The monoisotopic (exact) mass is 536 g/mol. The maximum absolute atomic E-state index is 14.2. The van der Waals surface area contributed by atoms with E-state index in [0.717, 1.165) is 22.7 Å². The second-order valence-electron chi connectivity index (χ2n) is 8.61. The quantitative estimate of drug-likeness (QED) is 0.242. The number of anilines is 1. The molecule has 1 aliphatic rings. The zero-order valence-electron chi connectivity index (χ0n) is 20.3. The second-order valence-corrected chi connectivity index (χ2v) is 10.1. The number of aromatic nitrogens is 1. The summed E-state index contributed by atoms with van der Waals surface area (Å²) in [6.45, 7) is 3.60. The van der Waals surface area contributed by atoms with Crippen molar-refractivity contribution in [1.82, 2.24) is 4.57 Å². The van der Waals surface area contributed by atoms with Gasteiger partial charge in [0.05, 0.1) is 5.56 Å². The predicted molar refractivity (Wildman–Crippen MR) is 148 cm³/mol. The summed E-state index contributed by atoms with van der Waals surface area (Å²) in [5.74, 6) is 2.01. The third-order valence-electron chi connectivity index (χ3n) is 6.25. The molecule has 1 aliphatic heterocycles. The first-order valence-corrected chi connectivity index (χ1v) is 13.5. The first-order chi connectivity index (χ1) is 18.0. The van der Waals surface area contributed by atoms with Gasteiger partial charge in [0.2, 0.25) is 0 Å². The van der Waals surface area contributed by atoms with Crippen LogP contribution in [0.1, 0.15) is 21.6 Å². The Balaban J connectivity index is 1.35. The molecule has 5 nitrogen and oxygen atoms in total. The number of nitrogens with one attached hydrogen (secondary N) is 1. The van der Waals surface area contributed by atoms with E-state index in [1.165, 1.54) is 6.07 Å². The molecule has 0 atom stereocenters. The standard InChI is InChI=1S/C29H26ClFN2O3S/c1-19-22(29(34)32-21-10-11-27-28(16-21)36-14-13-35-27)17-26(20-6-3-2-4-7-20)33(19)12-15-37-18-23-24(30)8-5-9-25(23)31/h2-11,16-17H,12-15,18H2,1H3,(H,32,34). The number of carbonyl (C=O) groups is 1. The van der Waals surface area contributed by atoms with Crippen molar-refractivity contribution in [3.05, 3.63) is 100 Å². The molecule has 1 aromatic heterocycles. The van der Waals surface area contributed by atoms with E-state index in [0.29, 0.717) is 58.8 Å². The molecule has 0 saturated heterocycles. The van der Waals surface area contributed by atoms with Crippen molar-refractivity contribution >= 4 is 35.0 Å². The summed E-state index contributed by atoms with van der Waals surface area (Å²) in [6, 6.07) is 22.0. The number of ether oxygens (including phenoxy) is 2. The second kappa shape index (κ2) is 11.3. The molecule has 37 heavy (non-hydrogen) atoms. The van der Waals surface area contributed by atoms with E-state index in [9.17, 15) is 9.18 Å². The van der Waals surface area contributed by atoms with Crippen molar-refractivity contribution < 1.29 is 18.7 Å². The van der Waals surface area contributed by atoms with Gasteiger partial charge in [-0.3, -0.25) is 4.79 Å². The summed E-state index contributed by atoms with van der Waals surface area (Å²) < 4.78 is 27.5. The molecule has 0 fully saturated rings. The Morgan fingerprint density at radius 2 is 1.81 bits per heavy atom. The molecule has 0 bridgehead atoms. The highest BCUT2D eigenvalue weighted by Crippen LogP contribution is 2.33. The van der Waals surface area contributed by atoms with Gasteiger partial charge in [0.25, 0.3) is 5.91 Å². The van der Waals surface area contributed by atoms with Crippen LogP contribution in [0.2, 0.25) is 5.02 Å². The highest BCUT2D eigenvalue weighted by atomic mass is 35.5. The number of carbonyl (C=O) groups excluding carboxylic acids is 1. The van der Waals surface area contributed by atoms with E-state index >= 15 is 0 Å². The van der Waals surface area contributed by atoms with Gasteiger partial charge in [0, 0.05) is 51.8 Å². The maximum Gasteiger partial charge on any atom is 0.257 e. The lowest BCUT2D eigenvalue weighted by molar-refractivity contribution is 0.102. The van der Waals surface area contributed by atoms with Gasteiger partial charge in [-0.05, 0) is 42.8 Å². The molecular weight excluding hydrogens is 511 g/mol. The van der Waals surface area contributed by atoms with Crippen LogP contribution in [0.25, 0.3) is 11.3 Å². The van der Waals surface area contributed by atoms with Crippen molar-refractivity contribution in [1.29, 1.82) is 0 Å². The Kier molecular flexibility index (Phi) is 7.72. The largest absolute Gasteiger partial charge is 0.486 e. The fraction of sp³-hybridized carbons (Fsp3) is 0.207. The van der Waals surface area contributed by atoms with Crippen molar-refractivity contribution in [2.75, 3.05) is 24.3 Å². The van der Waals surface area contributed by atoms with Crippen molar-refractivity contribution in [2.45, 2.75) is 19.2 Å². The molecule has 0 saturated carbocycles. The Morgan fingerprint density at radius 3 is 2.59 bits per heavy atom. The molecule has 3 aromatic carbocycles. The van der Waals surface area contributed by atoms with E-state index in [1.54, 1.807) is 42.1 Å². The van der Waals surface area contributed by atoms with Crippen LogP contribution in [0.15, 0.2) is 72.8 Å². The van der Waals surface area contributed by atoms with Crippen LogP contribution >= 0.6 is 23.4 Å². The first kappa shape index (κ1) is 25.2. The minimum Gasteiger partial charge on any atom is -0.486 e. The van der Waals surface area contributed by atoms with Crippen molar-refractivity contribution in [3.63, 3.8) is 0 Å². The van der Waals surface area contributed by atoms with Crippen LogP contribution < -0.4 is 14.8 Å². The lowest BCUT2D eigenvalue weighted by Gasteiger charge is -2.19. The van der Waals surface area contributed by atoms with E-state index in [2.05, 4.69) is 9.88 Å². The number of halogens is 2. The normalized spacial score (nSPS) is 12.4. The van der Waals surface area contributed by atoms with Crippen molar-refractivity contribution in [2.24, 2.45) is 0 Å². The molecule has 4 aromatic rings. The summed E-state index contributed by atoms with van der Waals surface area (Å²) in [5.41, 5.74) is 4.58. The first-order valence-electron chi connectivity index (χ1n) is 12.0. The number of fused-ring (bicyclic) bond motifs is 1. The number of benzene rings is 3. The average molecular weight is 537 g/mol. The van der Waals surface area contributed by atoms with Crippen LogP contribution in [0.3, 0.4) is 0 Å². The van der Waals surface area contributed by atoms with E-state index < -0.39 is 0 Å². The number of amides is 1. The zero-order chi connectivity index (χ0) is 25.8. The molecule has 0 radical (unpaired) electrons. The number of rotatable bonds is 8. The molecular formula is C29H26ClFN2O3S. The Hall–Kier alpha value is -3.42. The van der Waals surface area contributed by atoms with Crippen LogP contribution in [0.5, 0.6) is 11.5 Å². The van der Waals surface area contributed by atoms with Gasteiger partial charge in [-0.15, -0.1) is 0 Å². The minimum absolute atomic E-state index is 0.198. The topological polar surface area (TPSA) is 52.5 Å².